The molecule has 0 unspecified atom stereocenters. The Morgan fingerprint density at radius 3 is 2.75 bits per heavy atom. The first-order valence-electron chi connectivity index (χ1n) is 6.42. The van der Waals surface area contributed by atoms with Gasteiger partial charge in [-0.3, -0.25) is 14.7 Å². The molecule has 2 atom stereocenters. The minimum Gasteiger partial charge on any atom is -0.396 e. The highest BCUT2D eigenvalue weighted by atomic mass is 16.3. The highest BCUT2D eigenvalue weighted by Gasteiger charge is 2.30. The van der Waals surface area contributed by atoms with Gasteiger partial charge in [0.05, 0.1) is 11.6 Å². The zero-order valence-corrected chi connectivity index (χ0v) is 10.7. The molecule has 1 saturated heterocycles. The van der Waals surface area contributed by atoms with E-state index in [1.165, 1.54) is 0 Å². The van der Waals surface area contributed by atoms with Crippen molar-refractivity contribution in [2.24, 2.45) is 5.92 Å². The minimum absolute atomic E-state index is 0.0535. The number of aromatic amines is 3. The molecule has 3 rings (SSSR count). The van der Waals surface area contributed by atoms with E-state index in [4.69, 9.17) is 5.11 Å². The first-order valence-corrected chi connectivity index (χ1v) is 6.42. The molecule has 8 heteroatoms. The zero-order valence-electron chi connectivity index (χ0n) is 10.7. The number of hydrogen-bond acceptors (Lipinski definition) is 5. The maximum Gasteiger partial charge on any atom is 0.326 e. The Bertz CT molecular complexity index is 731. The number of aromatic nitrogens is 3. The van der Waals surface area contributed by atoms with Crippen LogP contribution in [0.15, 0.2) is 15.8 Å². The van der Waals surface area contributed by atoms with E-state index >= 15 is 0 Å². The molecule has 5 N–H and O–H groups in total. The molecule has 0 bridgehead atoms. The van der Waals surface area contributed by atoms with E-state index in [0.29, 0.717) is 30.7 Å². The number of rotatable bonds is 3. The van der Waals surface area contributed by atoms with Crippen LogP contribution in [0.25, 0.3) is 11.0 Å². The van der Waals surface area contributed by atoms with Gasteiger partial charge in [0.25, 0.3) is 5.56 Å². The van der Waals surface area contributed by atoms with Crippen LogP contribution in [0.3, 0.4) is 0 Å². The van der Waals surface area contributed by atoms with Gasteiger partial charge in [0, 0.05) is 43.9 Å². The number of likely N-dealkylation sites (tertiary alicyclic amines) is 1. The van der Waals surface area contributed by atoms with Gasteiger partial charge in [-0.2, -0.15) is 0 Å². The molecule has 1 aliphatic heterocycles. The second-order valence-electron chi connectivity index (χ2n) is 5.18. The van der Waals surface area contributed by atoms with Crippen molar-refractivity contribution in [3.8, 4) is 0 Å². The predicted octanol–water partition coefficient (Wildman–Crippen LogP) is -1.67. The molecule has 20 heavy (non-hydrogen) atoms. The lowest BCUT2D eigenvalue weighted by Crippen LogP contribution is -2.23. The molecule has 0 aromatic carbocycles. The van der Waals surface area contributed by atoms with Crippen LogP contribution in [-0.4, -0.2) is 55.9 Å². The first-order chi connectivity index (χ1) is 9.58. The van der Waals surface area contributed by atoms with Crippen molar-refractivity contribution in [3.63, 3.8) is 0 Å². The summed E-state index contributed by atoms with van der Waals surface area (Å²) in [5.74, 6) is -0.150. The topological polar surface area (TPSA) is 125 Å². The highest BCUT2D eigenvalue weighted by Crippen LogP contribution is 2.21. The molecule has 0 spiro atoms. The summed E-state index contributed by atoms with van der Waals surface area (Å²) in [5, 5.41) is 18.9. The summed E-state index contributed by atoms with van der Waals surface area (Å²) in [6.45, 7) is 1.48. The number of aliphatic hydroxyl groups is 2. The molecule has 8 nitrogen and oxygen atoms in total. The summed E-state index contributed by atoms with van der Waals surface area (Å²) in [6.07, 6.45) is 1.13. The van der Waals surface area contributed by atoms with Crippen molar-refractivity contribution in [1.82, 2.24) is 19.9 Å². The van der Waals surface area contributed by atoms with Gasteiger partial charge in [-0.05, 0) is 0 Å². The van der Waals surface area contributed by atoms with Crippen molar-refractivity contribution in [2.45, 2.75) is 12.6 Å². The molecule has 0 radical (unpaired) electrons. The van der Waals surface area contributed by atoms with Gasteiger partial charge in [-0.15, -0.1) is 0 Å². The normalized spacial score (nSPS) is 23.7. The second-order valence-corrected chi connectivity index (χ2v) is 5.18. The molecule has 108 valence electrons. The van der Waals surface area contributed by atoms with E-state index in [1.54, 1.807) is 6.20 Å². The predicted molar refractivity (Wildman–Crippen MR) is 71.4 cm³/mol. The lowest BCUT2D eigenvalue weighted by atomic mass is 10.1. The summed E-state index contributed by atoms with van der Waals surface area (Å²) < 4.78 is 0. The zero-order chi connectivity index (χ0) is 14.3. The molecule has 2 aromatic heterocycles. The average Bonchev–Trinajstić information content (AvgIpc) is 2.94. The van der Waals surface area contributed by atoms with E-state index in [1.807, 2.05) is 4.90 Å². The average molecular weight is 280 g/mol. The number of fused-ring (bicyclic) bond motifs is 1. The molecule has 0 aliphatic carbocycles. The van der Waals surface area contributed by atoms with Crippen LogP contribution in [0.1, 0.15) is 5.56 Å². The van der Waals surface area contributed by atoms with Crippen molar-refractivity contribution in [1.29, 1.82) is 0 Å². The number of aliphatic hydroxyl groups excluding tert-OH is 2. The monoisotopic (exact) mass is 280 g/mol. The number of H-pyrrole nitrogens is 3. The van der Waals surface area contributed by atoms with Crippen molar-refractivity contribution < 1.29 is 10.2 Å². The van der Waals surface area contributed by atoms with Crippen LogP contribution in [0.2, 0.25) is 0 Å². The van der Waals surface area contributed by atoms with Gasteiger partial charge < -0.3 is 20.2 Å². The van der Waals surface area contributed by atoms with Crippen LogP contribution >= 0.6 is 0 Å². The quantitative estimate of drug-likeness (QED) is 0.459. The number of β-amino-alcohol motifs (C(OH)–C–C–N with tert-alkyl or cyclic N) is 1. The van der Waals surface area contributed by atoms with Crippen LogP contribution in [0.4, 0.5) is 0 Å². The van der Waals surface area contributed by atoms with Gasteiger partial charge in [-0.1, -0.05) is 0 Å². The van der Waals surface area contributed by atoms with Crippen LogP contribution in [0, 0.1) is 5.92 Å². The molecule has 0 saturated carbocycles. The van der Waals surface area contributed by atoms with Gasteiger partial charge in [-0.25, -0.2) is 4.79 Å². The van der Waals surface area contributed by atoms with E-state index in [9.17, 15) is 14.7 Å². The van der Waals surface area contributed by atoms with Gasteiger partial charge in [0.15, 0.2) is 0 Å². The Kier molecular flexibility index (Phi) is 3.20. The maximum atomic E-state index is 11.6. The van der Waals surface area contributed by atoms with E-state index in [-0.39, 0.29) is 12.5 Å². The molecular formula is C12H16N4O4. The number of hydrogen-bond donors (Lipinski definition) is 5. The fourth-order valence-electron chi connectivity index (χ4n) is 2.71. The molecule has 1 fully saturated rings. The third kappa shape index (κ3) is 2.17. The van der Waals surface area contributed by atoms with E-state index in [0.717, 1.165) is 5.56 Å². The molecular weight excluding hydrogens is 264 g/mol. The SMILES string of the molecule is O=c1[nH]c(=O)c2[nH]cc(CN3C[C@@H](CO)[C@H](O)C3)c2[nH]1. The van der Waals surface area contributed by atoms with Gasteiger partial charge in [0.2, 0.25) is 0 Å². The van der Waals surface area contributed by atoms with Gasteiger partial charge in [0.1, 0.15) is 5.52 Å². The molecule has 1 aliphatic rings. The maximum absolute atomic E-state index is 11.6. The molecule has 2 aromatic rings. The van der Waals surface area contributed by atoms with Crippen molar-refractivity contribution in [2.75, 3.05) is 19.7 Å². The highest BCUT2D eigenvalue weighted by molar-refractivity contribution is 5.77. The van der Waals surface area contributed by atoms with Crippen molar-refractivity contribution >= 4 is 11.0 Å². The third-order valence-corrected chi connectivity index (χ3v) is 3.77. The van der Waals surface area contributed by atoms with Crippen LogP contribution in [0.5, 0.6) is 0 Å². The first kappa shape index (κ1) is 13.1. The van der Waals surface area contributed by atoms with E-state index < -0.39 is 17.4 Å². The standard InChI is InChI=1S/C12H16N4O4/c17-5-7-3-16(4-8(7)18)2-6-1-13-10-9(6)14-12(20)15-11(10)19/h1,7-8,13,17-18H,2-5H2,(H2,14,15,19,20)/t7-,8+/m0/s1. The molecule has 3 heterocycles. The largest absolute Gasteiger partial charge is 0.396 e. The summed E-state index contributed by atoms with van der Waals surface area (Å²) in [5.41, 5.74) is 0.607. The Morgan fingerprint density at radius 2 is 2.05 bits per heavy atom. The summed E-state index contributed by atoms with van der Waals surface area (Å²) in [7, 11) is 0. The number of nitrogens with zero attached hydrogens (tertiary/aromatic N) is 1. The molecule has 0 amide bonds. The Labute approximate surface area is 113 Å². The summed E-state index contributed by atoms with van der Waals surface area (Å²) in [6, 6.07) is 0. The Hall–Kier alpha value is -1.90. The Balaban J connectivity index is 1.89. The minimum atomic E-state index is -0.548. The van der Waals surface area contributed by atoms with Crippen LogP contribution < -0.4 is 11.2 Å². The Morgan fingerprint density at radius 1 is 1.25 bits per heavy atom. The van der Waals surface area contributed by atoms with Gasteiger partial charge >= 0.3 is 5.69 Å². The smallest absolute Gasteiger partial charge is 0.326 e. The summed E-state index contributed by atoms with van der Waals surface area (Å²) in [4.78, 5) is 32.5. The van der Waals surface area contributed by atoms with E-state index in [2.05, 4.69) is 15.0 Å². The van der Waals surface area contributed by atoms with Crippen LogP contribution in [-0.2, 0) is 6.54 Å². The lowest BCUT2D eigenvalue weighted by Gasteiger charge is -2.14. The fraction of sp³-hybridized carbons (Fsp3) is 0.500. The number of nitrogens with one attached hydrogen (secondary N) is 3. The summed E-state index contributed by atoms with van der Waals surface area (Å²) >= 11 is 0. The lowest BCUT2D eigenvalue weighted by molar-refractivity contribution is 0.103. The second kappa shape index (κ2) is 4.89. The fourth-order valence-corrected chi connectivity index (χ4v) is 2.71. The van der Waals surface area contributed by atoms with Crippen molar-refractivity contribution in [3.05, 3.63) is 32.6 Å². The third-order valence-electron chi connectivity index (χ3n) is 3.77.